The first-order valence-corrected chi connectivity index (χ1v) is 9.54. The van der Waals surface area contributed by atoms with Crippen LogP contribution in [0, 0.1) is 5.82 Å². The summed E-state index contributed by atoms with van der Waals surface area (Å²) in [6.45, 7) is -0.113. The Bertz CT molecular complexity index is 1160. The Morgan fingerprint density at radius 1 is 1.10 bits per heavy atom. The molecule has 1 aromatic carbocycles. The molecule has 0 aliphatic carbocycles. The largest absolute Gasteiger partial charge is 0.463 e. The number of methoxy groups -OCH3 is 1. The van der Waals surface area contributed by atoms with Gasteiger partial charge >= 0.3 is 5.97 Å². The number of ether oxygens (including phenoxy) is 1. The molecule has 0 N–H and O–H groups in total. The fourth-order valence-electron chi connectivity index (χ4n) is 2.79. The van der Waals surface area contributed by atoms with Gasteiger partial charge in [-0.2, -0.15) is 0 Å². The van der Waals surface area contributed by atoms with Gasteiger partial charge in [-0.3, -0.25) is 14.5 Å². The van der Waals surface area contributed by atoms with E-state index in [0.717, 1.165) is 16.7 Å². The van der Waals surface area contributed by atoms with Crippen LogP contribution in [0.3, 0.4) is 0 Å². The number of halogens is 1. The minimum Gasteiger partial charge on any atom is -0.463 e. The van der Waals surface area contributed by atoms with Crippen molar-refractivity contribution in [2.45, 2.75) is 6.54 Å². The summed E-state index contributed by atoms with van der Waals surface area (Å²) in [6, 6.07) is 12.1. The van der Waals surface area contributed by atoms with Gasteiger partial charge in [-0.05, 0) is 60.3 Å². The number of amides is 2. The highest BCUT2D eigenvalue weighted by molar-refractivity contribution is 8.18. The lowest BCUT2D eigenvalue weighted by Crippen LogP contribution is -2.27. The van der Waals surface area contributed by atoms with Crippen LogP contribution in [0.2, 0.25) is 0 Å². The number of imide groups is 1. The minimum atomic E-state index is -0.648. The van der Waals surface area contributed by atoms with Crippen molar-refractivity contribution in [3.8, 4) is 11.3 Å². The molecule has 2 amide bonds. The van der Waals surface area contributed by atoms with E-state index in [-0.39, 0.29) is 28.8 Å². The highest BCUT2D eigenvalue weighted by Gasteiger charge is 2.36. The van der Waals surface area contributed by atoms with Crippen LogP contribution in [0.25, 0.3) is 17.4 Å². The third-order valence-corrected chi connectivity index (χ3v) is 5.17. The lowest BCUT2D eigenvalue weighted by atomic mass is 10.2. The summed E-state index contributed by atoms with van der Waals surface area (Å²) in [6.07, 6.45) is 1.47. The molecule has 9 heteroatoms. The van der Waals surface area contributed by atoms with Crippen molar-refractivity contribution < 1.29 is 32.3 Å². The Morgan fingerprint density at radius 3 is 2.60 bits per heavy atom. The summed E-state index contributed by atoms with van der Waals surface area (Å²) in [5.74, 6) is -0.355. The first kappa shape index (κ1) is 19.7. The average molecular weight is 427 g/mol. The molecule has 0 bridgehead atoms. The highest BCUT2D eigenvalue weighted by atomic mass is 32.2. The summed E-state index contributed by atoms with van der Waals surface area (Å²) < 4.78 is 28.6. The molecule has 4 rings (SSSR count). The van der Waals surface area contributed by atoms with E-state index in [1.807, 2.05) is 0 Å². The van der Waals surface area contributed by atoms with E-state index < -0.39 is 17.1 Å². The van der Waals surface area contributed by atoms with Crippen LogP contribution in [0.4, 0.5) is 9.18 Å². The van der Waals surface area contributed by atoms with Gasteiger partial charge in [-0.15, -0.1) is 0 Å². The Morgan fingerprint density at radius 2 is 1.87 bits per heavy atom. The van der Waals surface area contributed by atoms with Gasteiger partial charge in [-0.1, -0.05) is 0 Å². The first-order chi connectivity index (χ1) is 14.4. The zero-order chi connectivity index (χ0) is 21.3. The molecule has 7 nitrogen and oxygen atoms in total. The molecule has 3 heterocycles. The van der Waals surface area contributed by atoms with Crippen molar-refractivity contribution in [3.63, 3.8) is 0 Å². The van der Waals surface area contributed by atoms with Crippen molar-refractivity contribution in [3.05, 3.63) is 76.5 Å². The maximum absolute atomic E-state index is 13.1. The van der Waals surface area contributed by atoms with Crippen molar-refractivity contribution in [2.24, 2.45) is 0 Å². The molecule has 0 spiro atoms. The van der Waals surface area contributed by atoms with Gasteiger partial charge in [0.1, 0.15) is 23.1 Å². The molecule has 0 saturated carbocycles. The van der Waals surface area contributed by atoms with Gasteiger partial charge in [0.15, 0.2) is 0 Å². The third-order valence-electron chi connectivity index (χ3n) is 4.26. The molecule has 1 fully saturated rings. The second kappa shape index (κ2) is 8.03. The number of furan rings is 2. The Kier molecular flexibility index (Phi) is 5.28. The smallest absolute Gasteiger partial charge is 0.373 e. The van der Waals surface area contributed by atoms with Crippen molar-refractivity contribution >= 4 is 35.0 Å². The lowest BCUT2D eigenvalue weighted by molar-refractivity contribution is -0.123. The maximum Gasteiger partial charge on any atom is 0.373 e. The van der Waals surface area contributed by atoms with Crippen LogP contribution in [0.15, 0.2) is 62.3 Å². The number of carbonyl (C=O) groups excluding carboxylic acids is 3. The molecular weight excluding hydrogens is 413 g/mol. The molecule has 0 unspecified atom stereocenters. The Labute approximate surface area is 174 Å². The zero-order valence-electron chi connectivity index (χ0n) is 15.6. The number of thioether (sulfide) groups is 1. The summed E-state index contributed by atoms with van der Waals surface area (Å²) in [5.41, 5.74) is 0.684. The molecule has 152 valence electrons. The molecule has 2 aromatic heterocycles. The normalized spacial score (nSPS) is 15.3. The van der Waals surface area contributed by atoms with Crippen LogP contribution in [0.5, 0.6) is 0 Å². The minimum absolute atomic E-state index is 0.0149. The Balaban J connectivity index is 1.50. The Hall–Kier alpha value is -3.59. The first-order valence-electron chi connectivity index (χ1n) is 8.73. The van der Waals surface area contributed by atoms with Crippen molar-refractivity contribution in [1.29, 1.82) is 0 Å². The maximum atomic E-state index is 13.1. The molecule has 1 saturated heterocycles. The van der Waals surface area contributed by atoms with E-state index in [9.17, 15) is 18.8 Å². The molecular formula is C21H14FNO6S. The number of benzene rings is 1. The van der Waals surface area contributed by atoms with E-state index in [0.29, 0.717) is 17.1 Å². The predicted octanol–water partition coefficient (Wildman–Crippen LogP) is 4.70. The number of esters is 1. The van der Waals surface area contributed by atoms with Crippen LogP contribution in [-0.2, 0) is 16.1 Å². The number of hydrogen-bond acceptors (Lipinski definition) is 7. The molecule has 1 aliphatic heterocycles. The molecule has 0 atom stereocenters. The summed E-state index contributed by atoms with van der Waals surface area (Å²) in [5, 5.41) is -0.465. The topological polar surface area (TPSA) is 90.0 Å². The lowest BCUT2D eigenvalue weighted by Gasteiger charge is -2.09. The molecule has 3 aromatic rings. The van der Waals surface area contributed by atoms with Gasteiger partial charge in [0, 0.05) is 11.6 Å². The van der Waals surface area contributed by atoms with E-state index in [1.165, 1.54) is 37.5 Å². The van der Waals surface area contributed by atoms with Gasteiger partial charge in [-0.25, -0.2) is 9.18 Å². The van der Waals surface area contributed by atoms with E-state index >= 15 is 0 Å². The molecule has 0 radical (unpaired) electrons. The zero-order valence-corrected chi connectivity index (χ0v) is 16.4. The van der Waals surface area contributed by atoms with Crippen LogP contribution >= 0.6 is 11.8 Å². The summed E-state index contributed by atoms with van der Waals surface area (Å²) in [4.78, 5) is 37.6. The summed E-state index contributed by atoms with van der Waals surface area (Å²) >= 11 is 0.776. The van der Waals surface area contributed by atoms with E-state index in [4.69, 9.17) is 8.83 Å². The number of rotatable bonds is 5. The van der Waals surface area contributed by atoms with Gasteiger partial charge in [0.25, 0.3) is 11.1 Å². The molecule has 1 aliphatic rings. The fourth-order valence-corrected chi connectivity index (χ4v) is 3.61. The number of hydrogen-bond donors (Lipinski definition) is 0. The van der Waals surface area contributed by atoms with Crippen LogP contribution in [-0.4, -0.2) is 29.1 Å². The third kappa shape index (κ3) is 3.92. The monoisotopic (exact) mass is 427 g/mol. The SMILES string of the molecule is COC(=O)c1ccc(CN2C(=O)SC(=Cc3ccc(-c4ccc(F)cc4)o3)C2=O)o1. The van der Waals surface area contributed by atoms with Crippen molar-refractivity contribution in [2.75, 3.05) is 7.11 Å². The van der Waals surface area contributed by atoms with E-state index in [1.54, 1.807) is 24.3 Å². The quantitative estimate of drug-likeness (QED) is 0.431. The second-order valence-electron chi connectivity index (χ2n) is 6.23. The summed E-state index contributed by atoms with van der Waals surface area (Å²) in [7, 11) is 1.22. The van der Waals surface area contributed by atoms with E-state index in [2.05, 4.69) is 4.74 Å². The second-order valence-corrected chi connectivity index (χ2v) is 7.23. The number of nitrogens with zero attached hydrogens (tertiary/aromatic N) is 1. The van der Waals surface area contributed by atoms with Crippen molar-refractivity contribution in [1.82, 2.24) is 4.90 Å². The average Bonchev–Trinajstić information content (AvgIpc) is 3.45. The predicted molar refractivity (Wildman–Crippen MR) is 106 cm³/mol. The molecule has 30 heavy (non-hydrogen) atoms. The highest BCUT2D eigenvalue weighted by Crippen LogP contribution is 2.34. The standard InChI is InChI=1S/C21H14FNO6S/c1-27-20(25)17-9-7-15(29-17)11-23-19(24)18(30-21(23)26)10-14-6-8-16(28-14)12-2-4-13(22)5-3-12/h2-10H,11H2,1H3. The fraction of sp³-hybridized carbons (Fsp3) is 0.0952. The van der Waals surface area contributed by atoms with Gasteiger partial charge in [0.05, 0.1) is 18.6 Å². The van der Waals surface area contributed by atoms with Gasteiger partial charge in [0.2, 0.25) is 5.76 Å². The van der Waals surface area contributed by atoms with Crippen LogP contribution in [0.1, 0.15) is 22.1 Å². The van der Waals surface area contributed by atoms with Gasteiger partial charge < -0.3 is 13.6 Å². The van der Waals surface area contributed by atoms with Crippen LogP contribution < -0.4 is 0 Å². The number of carbonyl (C=O) groups is 3.